The van der Waals surface area contributed by atoms with E-state index in [4.69, 9.17) is 23.4 Å². The van der Waals surface area contributed by atoms with E-state index in [-0.39, 0.29) is 6.10 Å². The van der Waals surface area contributed by atoms with Crippen molar-refractivity contribution in [3.8, 4) is 23.0 Å². The van der Waals surface area contributed by atoms with Gasteiger partial charge in [-0.3, -0.25) is 0 Å². The van der Waals surface area contributed by atoms with Crippen molar-refractivity contribution in [3.05, 3.63) is 18.2 Å². The number of nitrogens with zero attached hydrogens (tertiary/aromatic N) is 2. The van der Waals surface area contributed by atoms with Crippen LogP contribution in [0.1, 0.15) is 0 Å². The van der Waals surface area contributed by atoms with E-state index in [9.17, 15) is 0 Å². The third-order valence-corrected chi connectivity index (χ3v) is 4.07. The molecule has 0 spiro atoms. The Kier molecular flexibility index (Phi) is 4.81. The molecule has 118 valence electrons. The lowest BCUT2D eigenvalue weighted by atomic mass is 10.2. The number of ether oxygens (including phenoxy) is 4. The van der Waals surface area contributed by atoms with Crippen molar-refractivity contribution in [1.29, 1.82) is 0 Å². The molecule has 1 fully saturated rings. The van der Waals surface area contributed by atoms with E-state index in [0.29, 0.717) is 41.8 Å². The molecular formula is C14H16N2O5S. The van der Waals surface area contributed by atoms with Gasteiger partial charge in [0.15, 0.2) is 11.5 Å². The number of hydrogen-bond acceptors (Lipinski definition) is 8. The van der Waals surface area contributed by atoms with E-state index >= 15 is 0 Å². The maximum Gasteiger partial charge on any atom is 0.276 e. The van der Waals surface area contributed by atoms with Gasteiger partial charge in [0.2, 0.25) is 5.89 Å². The molecule has 0 radical (unpaired) electrons. The highest BCUT2D eigenvalue weighted by molar-refractivity contribution is 7.99. The number of aromatic nitrogens is 2. The lowest BCUT2D eigenvalue weighted by molar-refractivity contribution is 0.0524. The van der Waals surface area contributed by atoms with Crippen LogP contribution in [-0.4, -0.2) is 49.7 Å². The van der Waals surface area contributed by atoms with Crippen molar-refractivity contribution < 1.29 is 23.4 Å². The molecule has 1 aliphatic heterocycles. The summed E-state index contributed by atoms with van der Waals surface area (Å²) in [4.78, 5) is 0. The lowest BCUT2D eigenvalue weighted by Crippen LogP contribution is -2.12. The van der Waals surface area contributed by atoms with Gasteiger partial charge in [0, 0.05) is 11.3 Å². The van der Waals surface area contributed by atoms with E-state index in [1.165, 1.54) is 11.8 Å². The Morgan fingerprint density at radius 2 is 2.09 bits per heavy atom. The quantitative estimate of drug-likeness (QED) is 0.749. The summed E-state index contributed by atoms with van der Waals surface area (Å²) in [6, 6.07) is 5.45. The van der Waals surface area contributed by atoms with E-state index in [1.807, 2.05) is 6.07 Å². The fraction of sp³-hybridized carbons (Fsp3) is 0.429. The zero-order valence-electron chi connectivity index (χ0n) is 12.3. The fourth-order valence-electron chi connectivity index (χ4n) is 1.99. The van der Waals surface area contributed by atoms with E-state index in [2.05, 4.69) is 10.2 Å². The van der Waals surface area contributed by atoms with Gasteiger partial charge in [0.25, 0.3) is 5.22 Å². The standard InChI is InChI=1S/C14H16N2O5S/c1-17-11-4-3-9(5-12(11)18-2)13-15-16-14(21-13)22-7-10-6-19-8-20-10/h3-5,10H,6-8H2,1-2H3/t10-/m1/s1. The van der Waals surface area contributed by atoms with E-state index in [0.717, 1.165) is 5.56 Å². The maximum atomic E-state index is 5.65. The average Bonchev–Trinajstić information content (AvgIpc) is 3.23. The average molecular weight is 324 g/mol. The van der Waals surface area contributed by atoms with Gasteiger partial charge in [-0.25, -0.2) is 0 Å². The predicted octanol–water partition coefficient (Wildman–Crippen LogP) is 2.22. The maximum absolute atomic E-state index is 5.65. The van der Waals surface area contributed by atoms with E-state index < -0.39 is 0 Å². The number of rotatable bonds is 6. The van der Waals surface area contributed by atoms with Gasteiger partial charge in [-0.1, -0.05) is 11.8 Å². The van der Waals surface area contributed by atoms with Crippen LogP contribution in [-0.2, 0) is 9.47 Å². The van der Waals surface area contributed by atoms with Crippen LogP contribution in [0.25, 0.3) is 11.5 Å². The fourth-order valence-corrected chi connectivity index (χ4v) is 2.74. The Morgan fingerprint density at radius 1 is 1.23 bits per heavy atom. The second-order valence-corrected chi connectivity index (χ2v) is 5.50. The molecule has 0 amide bonds. The molecule has 1 aliphatic rings. The lowest BCUT2D eigenvalue weighted by Gasteiger charge is -2.07. The van der Waals surface area contributed by atoms with Gasteiger partial charge in [0.1, 0.15) is 6.79 Å². The van der Waals surface area contributed by atoms with Gasteiger partial charge in [0.05, 0.1) is 26.9 Å². The minimum atomic E-state index is 0.0708. The summed E-state index contributed by atoms with van der Waals surface area (Å²) < 4.78 is 26.6. The topological polar surface area (TPSA) is 75.8 Å². The summed E-state index contributed by atoms with van der Waals surface area (Å²) in [6.07, 6.45) is 0.0708. The molecule has 1 atom stereocenters. The van der Waals surface area contributed by atoms with Crippen LogP contribution in [0.5, 0.6) is 11.5 Å². The normalized spacial score (nSPS) is 17.6. The van der Waals surface area contributed by atoms with Gasteiger partial charge >= 0.3 is 0 Å². The van der Waals surface area contributed by atoms with Crippen LogP contribution < -0.4 is 9.47 Å². The first-order chi connectivity index (χ1) is 10.8. The number of methoxy groups -OCH3 is 2. The van der Waals surface area contributed by atoms with Crippen molar-refractivity contribution in [2.24, 2.45) is 0 Å². The third-order valence-electron chi connectivity index (χ3n) is 3.12. The molecule has 22 heavy (non-hydrogen) atoms. The number of thioether (sulfide) groups is 1. The Bertz CT molecular complexity index is 627. The highest BCUT2D eigenvalue weighted by atomic mass is 32.2. The highest BCUT2D eigenvalue weighted by Gasteiger charge is 2.18. The summed E-state index contributed by atoms with van der Waals surface area (Å²) >= 11 is 1.45. The van der Waals surface area contributed by atoms with Crippen LogP contribution in [0.4, 0.5) is 0 Å². The van der Waals surface area contributed by atoms with Gasteiger partial charge in [-0.2, -0.15) is 0 Å². The van der Waals surface area contributed by atoms with Crippen LogP contribution in [0.15, 0.2) is 27.8 Å². The van der Waals surface area contributed by atoms with Crippen molar-refractivity contribution in [2.75, 3.05) is 33.4 Å². The largest absolute Gasteiger partial charge is 0.493 e. The molecule has 7 nitrogen and oxygen atoms in total. The van der Waals surface area contributed by atoms with Crippen LogP contribution in [0.3, 0.4) is 0 Å². The molecule has 1 saturated heterocycles. The first-order valence-corrected chi connectivity index (χ1v) is 7.66. The van der Waals surface area contributed by atoms with E-state index in [1.54, 1.807) is 26.4 Å². The van der Waals surface area contributed by atoms with Crippen molar-refractivity contribution in [1.82, 2.24) is 10.2 Å². The van der Waals surface area contributed by atoms with Crippen molar-refractivity contribution >= 4 is 11.8 Å². The summed E-state index contributed by atoms with van der Waals surface area (Å²) in [5.74, 6) is 2.42. The molecule has 0 unspecified atom stereocenters. The first-order valence-electron chi connectivity index (χ1n) is 6.68. The van der Waals surface area contributed by atoms with Gasteiger partial charge < -0.3 is 23.4 Å². The minimum Gasteiger partial charge on any atom is -0.493 e. The smallest absolute Gasteiger partial charge is 0.276 e. The molecule has 2 aromatic rings. The Balaban J connectivity index is 1.70. The first kappa shape index (κ1) is 15.1. The molecule has 2 heterocycles. The molecule has 8 heteroatoms. The van der Waals surface area contributed by atoms with Crippen LogP contribution in [0.2, 0.25) is 0 Å². The number of hydrogen-bond donors (Lipinski definition) is 0. The Morgan fingerprint density at radius 3 is 2.82 bits per heavy atom. The van der Waals surface area contributed by atoms with Crippen molar-refractivity contribution in [2.45, 2.75) is 11.3 Å². The summed E-state index contributed by atoms with van der Waals surface area (Å²) in [5.41, 5.74) is 0.775. The number of benzene rings is 1. The summed E-state index contributed by atoms with van der Waals surface area (Å²) in [6.45, 7) is 0.954. The van der Waals surface area contributed by atoms with Gasteiger partial charge in [-0.15, -0.1) is 10.2 Å². The molecule has 1 aromatic carbocycles. The second kappa shape index (κ2) is 6.99. The molecule has 3 rings (SSSR count). The van der Waals surface area contributed by atoms with Crippen LogP contribution >= 0.6 is 11.8 Å². The molecule has 0 bridgehead atoms. The Labute approximate surface area is 131 Å². The molecular weight excluding hydrogens is 308 g/mol. The van der Waals surface area contributed by atoms with Crippen molar-refractivity contribution in [3.63, 3.8) is 0 Å². The monoisotopic (exact) mass is 324 g/mol. The zero-order valence-corrected chi connectivity index (χ0v) is 13.1. The summed E-state index contributed by atoms with van der Waals surface area (Å²) in [5, 5.41) is 8.59. The molecule has 0 aliphatic carbocycles. The Hall–Kier alpha value is -1.77. The summed E-state index contributed by atoms with van der Waals surface area (Å²) in [7, 11) is 3.17. The minimum absolute atomic E-state index is 0.0708. The second-order valence-electron chi connectivity index (χ2n) is 4.53. The van der Waals surface area contributed by atoms with Gasteiger partial charge in [-0.05, 0) is 18.2 Å². The zero-order chi connectivity index (χ0) is 15.4. The van der Waals surface area contributed by atoms with Crippen LogP contribution in [0, 0.1) is 0 Å². The molecule has 1 aromatic heterocycles. The SMILES string of the molecule is COc1ccc(-c2nnc(SC[C@H]3COCO3)o2)cc1OC. The molecule has 0 saturated carbocycles. The third kappa shape index (κ3) is 3.34. The highest BCUT2D eigenvalue weighted by Crippen LogP contribution is 2.32. The predicted molar refractivity (Wildman–Crippen MR) is 79.3 cm³/mol. The molecule has 0 N–H and O–H groups in total.